The second-order valence-corrected chi connectivity index (χ2v) is 3.81. The first kappa shape index (κ1) is 7.72. The Labute approximate surface area is 79.1 Å². The van der Waals surface area contributed by atoms with E-state index in [1.807, 2.05) is 0 Å². The molecule has 2 aliphatic rings. The second kappa shape index (κ2) is 2.43. The van der Waals surface area contributed by atoms with Crippen LogP contribution in [0.5, 0.6) is 0 Å². The highest BCUT2D eigenvalue weighted by Gasteiger charge is 2.59. The average Bonchev–Trinajstić information content (AvgIpc) is 2.66. The van der Waals surface area contributed by atoms with Gasteiger partial charge in [-0.3, -0.25) is 0 Å². The highest BCUT2D eigenvalue weighted by molar-refractivity contribution is 5.66. The Bertz CT molecular complexity index is 352. The molecule has 2 heterocycles. The summed E-state index contributed by atoms with van der Waals surface area (Å²) >= 11 is 0. The minimum Gasteiger partial charge on any atom is -0.465 e. The van der Waals surface area contributed by atoms with E-state index in [0.29, 0.717) is 30.8 Å². The number of hydrogen-bond donors (Lipinski definition) is 2. The molecule has 2 fully saturated rings. The predicted octanol–water partition coefficient (Wildman–Crippen LogP) is -0.477. The van der Waals surface area contributed by atoms with E-state index in [4.69, 9.17) is 5.11 Å². The van der Waals surface area contributed by atoms with Crippen molar-refractivity contribution in [1.29, 1.82) is 0 Å². The van der Waals surface area contributed by atoms with Crippen LogP contribution in [0.15, 0.2) is 0 Å². The van der Waals surface area contributed by atoms with Gasteiger partial charge in [-0.2, -0.15) is 5.21 Å². The minimum atomic E-state index is -0.830. The molecule has 1 aliphatic carbocycles. The number of nitrogens with one attached hydrogen (secondary N) is 1. The highest BCUT2D eigenvalue weighted by Crippen LogP contribution is 2.56. The van der Waals surface area contributed by atoms with Gasteiger partial charge in [0.05, 0.1) is 0 Å². The summed E-state index contributed by atoms with van der Waals surface area (Å²) in [5.41, 5.74) is 0. The number of likely N-dealkylation sites (tertiary alicyclic amines) is 1. The number of nitrogens with zero attached hydrogens (tertiary/aromatic N) is 4. The molecule has 0 radical (unpaired) electrons. The summed E-state index contributed by atoms with van der Waals surface area (Å²) in [5.74, 6) is 1.86. The zero-order valence-electron chi connectivity index (χ0n) is 7.29. The quantitative estimate of drug-likeness (QED) is 0.631. The van der Waals surface area contributed by atoms with Gasteiger partial charge >= 0.3 is 6.09 Å². The van der Waals surface area contributed by atoms with Crippen molar-refractivity contribution >= 4 is 6.09 Å². The number of fused-ring (bicyclic) bond motifs is 1. The first-order valence-electron chi connectivity index (χ1n) is 4.48. The van der Waals surface area contributed by atoms with Gasteiger partial charge in [0.25, 0.3) is 0 Å². The number of aromatic amines is 1. The molecule has 0 spiro atoms. The Morgan fingerprint density at radius 1 is 1.50 bits per heavy atom. The third-order valence-electron chi connectivity index (χ3n) is 3.12. The molecule has 74 valence electrons. The Morgan fingerprint density at radius 3 is 2.71 bits per heavy atom. The number of H-pyrrole nitrogens is 1. The van der Waals surface area contributed by atoms with E-state index >= 15 is 0 Å². The van der Waals surface area contributed by atoms with Crippen molar-refractivity contribution in [1.82, 2.24) is 25.5 Å². The van der Waals surface area contributed by atoms with Crippen LogP contribution >= 0.6 is 0 Å². The molecule has 1 saturated carbocycles. The Hall–Kier alpha value is -1.66. The van der Waals surface area contributed by atoms with Crippen LogP contribution in [0.4, 0.5) is 4.79 Å². The molecule has 2 N–H and O–H groups in total. The van der Waals surface area contributed by atoms with E-state index in [-0.39, 0.29) is 0 Å². The molecule has 1 saturated heterocycles. The van der Waals surface area contributed by atoms with Gasteiger partial charge in [0, 0.05) is 19.0 Å². The standard InChI is InChI=1S/C7H9N5O2/c13-7(14)12-1-3-4(2-12)5(3)6-8-10-11-9-6/h3-5H,1-2H2,(H,13,14)(H,8,9,10,11)/t3-,4-/m0/s1. The van der Waals surface area contributed by atoms with Gasteiger partial charge in [0.1, 0.15) is 0 Å². The highest BCUT2D eigenvalue weighted by atomic mass is 16.4. The lowest BCUT2D eigenvalue weighted by molar-refractivity contribution is 0.150. The van der Waals surface area contributed by atoms with Gasteiger partial charge in [-0.05, 0) is 11.8 Å². The summed E-state index contributed by atoms with van der Waals surface area (Å²) < 4.78 is 0. The molecular weight excluding hydrogens is 186 g/mol. The molecular formula is C7H9N5O2. The Morgan fingerprint density at radius 2 is 2.21 bits per heavy atom. The molecule has 14 heavy (non-hydrogen) atoms. The van der Waals surface area contributed by atoms with Crippen molar-refractivity contribution < 1.29 is 9.90 Å². The number of amides is 1. The second-order valence-electron chi connectivity index (χ2n) is 3.81. The van der Waals surface area contributed by atoms with Crippen molar-refractivity contribution in [3.8, 4) is 0 Å². The SMILES string of the molecule is O=C(O)N1C[C@@H]2C(c3nn[nH]n3)[C@H]2C1. The normalized spacial score (nSPS) is 34.3. The Kier molecular flexibility index (Phi) is 1.34. The lowest BCUT2D eigenvalue weighted by Crippen LogP contribution is -2.29. The summed E-state index contributed by atoms with van der Waals surface area (Å²) in [4.78, 5) is 12.1. The molecule has 3 rings (SSSR count). The maximum absolute atomic E-state index is 10.6. The van der Waals surface area contributed by atoms with Crippen LogP contribution in [0, 0.1) is 11.8 Å². The largest absolute Gasteiger partial charge is 0.465 e. The van der Waals surface area contributed by atoms with Crippen LogP contribution in [0.25, 0.3) is 0 Å². The van der Waals surface area contributed by atoms with E-state index < -0.39 is 6.09 Å². The molecule has 7 heteroatoms. The first-order chi connectivity index (χ1) is 6.77. The third-order valence-corrected chi connectivity index (χ3v) is 3.12. The van der Waals surface area contributed by atoms with Crippen LogP contribution < -0.4 is 0 Å². The summed E-state index contributed by atoms with van der Waals surface area (Å²) in [7, 11) is 0. The number of tetrazole rings is 1. The molecule has 7 nitrogen and oxygen atoms in total. The van der Waals surface area contributed by atoms with Crippen LogP contribution in [0.2, 0.25) is 0 Å². The zero-order chi connectivity index (χ0) is 9.71. The van der Waals surface area contributed by atoms with Gasteiger partial charge in [0.15, 0.2) is 5.82 Å². The molecule has 0 aromatic carbocycles. The van der Waals surface area contributed by atoms with E-state index in [2.05, 4.69) is 20.6 Å². The molecule has 0 bridgehead atoms. The molecule has 1 aromatic rings. The average molecular weight is 195 g/mol. The fourth-order valence-electron chi connectivity index (χ4n) is 2.38. The van der Waals surface area contributed by atoms with Gasteiger partial charge < -0.3 is 10.0 Å². The van der Waals surface area contributed by atoms with Crippen LogP contribution in [0.1, 0.15) is 11.7 Å². The number of rotatable bonds is 1. The van der Waals surface area contributed by atoms with Crippen LogP contribution in [0.3, 0.4) is 0 Å². The van der Waals surface area contributed by atoms with E-state index in [0.717, 1.165) is 5.82 Å². The number of piperidine rings is 1. The van der Waals surface area contributed by atoms with Gasteiger partial charge in [-0.15, -0.1) is 10.2 Å². The topological polar surface area (TPSA) is 95.0 Å². The fourth-order valence-corrected chi connectivity index (χ4v) is 2.38. The molecule has 1 aliphatic heterocycles. The summed E-state index contributed by atoms with van der Waals surface area (Å²) in [5, 5.41) is 22.5. The van der Waals surface area contributed by atoms with Gasteiger partial charge in [0.2, 0.25) is 0 Å². The summed E-state index contributed by atoms with van der Waals surface area (Å²) in [6.45, 7) is 1.22. The fraction of sp³-hybridized carbons (Fsp3) is 0.714. The molecule has 1 aromatic heterocycles. The number of aromatic nitrogens is 4. The van der Waals surface area contributed by atoms with Crippen molar-refractivity contribution in [3.05, 3.63) is 5.82 Å². The Balaban J connectivity index is 1.70. The molecule has 2 atom stereocenters. The van der Waals surface area contributed by atoms with E-state index in [1.165, 1.54) is 4.90 Å². The number of hydrogen-bond acceptors (Lipinski definition) is 4. The smallest absolute Gasteiger partial charge is 0.407 e. The third kappa shape index (κ3) is 0.918. The van der Waals surface area contributed by atoms with Crippen LogP contribution in [-0.4, -0.2) is 49.8 Å². The van der Waals surface area contributed by atoms with E-state index in [1.54, 1.807) is 0 Å². The van der Waals surface area contributed by atoms with Crippen molar-refractivity contribution in [2.45, 2.75) is 5.92 Å². The summed E-state index contributed by atoms with van der Waals surface area (Å²) in [6, 6.07) is 0. The lowest BCUT2D eigenvalue weighted by Gasteiger charge is -2.14. The molecule has 0 unspecified atom stereocenters. The van der Waals surface area contributed by atoms with Gasteiger partial charge in [-0.1, -0.05) is 5.21 Å². The molecule has 1 amide bonds. The number of carboxylic acid groups (broad SMARTS) is 1. The predicted molar refractivity (Wildman–Crippen MR) is 43.5 cm³/mol. The van der Waals surface area contributed by atoms with Crippen molar-refractivity contribution in [2.24, 2.45) is 11.8 Å². The minimum absolute atomic E-state index is 0.323. The van der Waals surface area contributed by atoms with Crippen LogP contribution in [-0.2, 0) is 0 Å². The maximum Gasteiger partial charge on any atom is 0.407 e. The summed E-state index contributed by atoms with van der Waals surface area (Å²) in [6.07, 6.45) is -0.830. The lowest BCUT2D eigenvalue weighted by atomic mass is 10.2. The van der Waals surface area contributed by atoms with Crippen molar-refractivity contribution in [2.75, 3.05) is 13.1 Å². The first-order valence-corrected chi connectivity index (χ1v) is 4.48. The van der Waals surface area contributed by atoms with Crippen molar-refractivity contribution in [3.63, 3.8) is 0 Å². The zero-order valence-corrected chi connectivity index (χ0v) is 7.29. The maximum atomic E-state index is 10.6. The number of carbonyl (C=O) groups is 1. The van der Waals surface area contributed by atoms with E-state index in [9.17, 15) is 4.79 Å². The van der Waals surface area contributed by atoms with Gasteiger partial charge in [-0.25, -0.2) is 4.79 Å². The monoisotopic (exact) mass is 195 g/mol.